The predicted octanol–water partition coefficient (Wildman–Crippen LogP) is 3.05. The molecule has 0 atom stereocenters. The lowest BCUT2D eigenvalue weighted by Gasteiger charge is -2.19. The quantitative estimate of drug-likeness (QED) is 0.213. The SMILES string of the molecule is CC(=O)Oc1c(C(C)=O)c(OC(C)=O)c2c(=O)c(OC(C)=O)c(-c3ccc(O)c(O)c3)oc2c1C(C)=O. The molecular formula is C25H20O12. The number of hydrogen-bond acceptors (Lipinski definition) is 12. The lowest BCUT2D eigenvalue weighted by Crippen LogP contribution is -2.19. The number of phenolic OH excluding ortho intramolecular Hbond substituents is 2. The van der Waals surface area contributed by atoms with E-state index in [2.05, 4.69) is 0 Å². The summed E-state index contributed by atoms with van der Waals surface area (Å²) in [7, 11) is 0. The van der Waals surface area contributed by atoms with Crippen molar-refractivity contribution in [3.8, 4) is 40.1 Å². The van der Waals surface area contributed by atoms with E-state index < -0.39 is 91.5 Å². The van der Waals surface area contributed by atoms with E-state index in [0.29, 0.717) is 0 Å². The molecule has 2 aromatic carbocycles. The Morgan fingerprint density at radius 3 is 1.70 bits per heavy atom. The molecule has 0 saturated heterocycles. The Labute approximate surface area is 208 Å². The summed E-state index contributed by atoms with van der Waals surface area (Å²) in [6, 6.07) is 3.26. The molecule has 0 bridgehead atoms. The predicted molar refractivity (Wildman–Crippen MR) is 125 cm³/mol. The second kappa shape index (κ2) is 9.93. The van der Waals surface area contributed by atoms with Crippen molar-refractivity contribution in [1.82, 2.24) is 0 Å². The molecule has 0 amide bonds. The highest BCUT2D eigenvalue weighted by Gasteiger charge is 2.34. The van der Waals surface area contributed by atoms with Gasteiger partial charge in [0.05, 0.1) is 0 Å². The number of carbonyl (C=O) groups is 5. The van der Waals surface area contributed by atoms with E-state index in [4.69, 9.17) is 18.6 Å². The van der Waals surface area contributed by atoms with Crippen molar-refractivity contribution in [2.24, 2.45) is 0 Å². The van der Waals surface area contributed by atoms with Crippen LogP contribution in [0.1, 0.15) is 55.3 Å². The number of aromatic hydroxyl groups is 2. The molecule has 0 aliphatic rings. The van der Waals surface area contributed by atoms with Gasteiger partial charge in [-0.1, -0.05) is 0 Å². The van der Waals surface area contributed by atoms with Gasteiger partial charge in [-0.25, -0.2) is 0 Å². The minimum atomic E-state index is -1.13. The minimum Gasteiger partial charge on any atom is -0.504 e. The molecule has 192 valence electrons. The summed E-state index contributed by atoms with van der Waals surface area (Å²) in [6.07, 6.45) is 0. The monoisotopic (exact) mass is 512 g/mol. The first-order chi connectivity index (χ1) is 17.2. The van der Waals surface area contributed by atoms with Crippen molar-refractivity contribution in [3.05, 3.63) is 39.5 Å². The van der Waals surface area contributed by atoms with Gasteiger partial charge in [0.25, 0.3) is 0 Å². The van der Waals surface area contributed by atoms with Gasteiger partial charge in [-0.2, -0.15) is 0 Å². The zero-order valence-corrected chi connectivity index (χ0v) is 20.2. The Bertz CT molecular complexity index is 1580. The Balaban J connectivity index is 2.72. The van der Waals surface area contributed by atoms with E-state index in [-0.39, 0.29) is 5.56 Å². The molecule has 0 aliphatic heterocycles. The van der Waals surface area contributed by atoms with E-state index in [1.165, 1.54) is 6.07 Å². The lowest BCUT2D eigenvalue weighted by atomic mass is 9.96. The molecule has 0 aliphatic carbocycles. The summed E-state index contributed by atoms with van der Waals surface area (Å²) in [5.41, 5.74) is -2.84. The standard InChI is InChI=1S/C25H20O12/c1-9(26)17-22(34-11(3)28)18(10(2)27)24-19(23(17)35-12(4)29)20(33)25(36-13(5)30)21(37-24)14-6-7-15(31)16(32)8-14/h6-8,31-32H,1-5H3. The average molecular weight is 512 g/mol. The molecule has 0 spiro atoms. The van der Waals surface area contributed by atoms with E-state index in [1.54, 1.807) is 0 Å². The first-order valence-electron chi connectivity index (χ1n) is 10.5. The van der Waals surface area contributed by atoms with Crippen molar-refractivity contribution < 1.29 is 52.8 Å². The maximum Gasteiger partial charge on any atom is 0.308 e. The van der Waals surface area contributed by atoms with E-state index in [1.807, 2.05) is 0 Å². The van der Waals surface area contributed by atoms with Gasteiger partial charge < -0.3 is 28.8 Å². The number of rotatable bonds is 6. The highest BCUT2D eigenvalue weighted by Crippen LogP contribution is 2.44. The summed E-state index contributed by atoms with van der Waals surface area (Å²) in [5, 5.41) is 19.0. The summed E-state index contributed by atoms with van der Waals surface area (Å²) in [4.78, 5) is 74.8. The lowest BCUT2D eigenvalue weighted by molar-refractivity contribution is -0.133. The number of fused-ring (bicyclic) bond motifs is 1. The zero-order chi connectivity index (χ0) is 27.8. The van der Waals surface area contributed by atoms with Crippen LogP contribution >= 0.6 is 0 Å². The zero-order valence-electron chi connectivity index (χ0n) is 20.2. The Kier molecular flexibility index (Phi) is 7.14. The highest BCUT2D eigenvalue weighted by atomic mass is 16.6. The first kappa shape index (κ1) is 26.6. The Hall–Kier alpha value is -5.00. The smallest absolute Gasteiger partial charge is 0.308 e. The third kappa shape index (κ3) is 5.03. The van der Waals surface area contributed by atoms with Crippen molar-refractivity contribution in [3.63, 3.8) is 0 Å². The molecule has 0 fully saturated rings. The van der Waals surface area contributed by atoms with Gasteiger partial charge in [-0.3, -0.25) is 28.8 Å². The van der Waals surface area contributed by atoms with Gasteiger partial charge >= 0.3 is 17.9 Å². The number of hydrogen-bond donors (Lipinski definition) is 2. The van der Waals surface area contributed by atoms with Crippen LogP contribution in [0.2, 0.25) is 0 Å². The molecule has 37 heavy (non-hydrogen) atoms. The van der Waals surface area contributed by atoms with Crippen molar-refractivity contribution in [1.29, 1.82) is 0 Å². The molecule has 3 aromatic rings. The second-order valence-electron chi connectivity index (χ2n) is 7.80. The molecule has 1 aromatic heterocycles. The van der Waals surface area contributed by atoms with Crippen LogP contribution in [0.15, 0.2) is 27.4 Å². The number of phenols is 2. The third-order valence-corrected chi connectivity index (χ3v) is 4.89. The largest absolute Gasteiger partial charge is 0.504 e. The number of carbonyl (C=O) groups excluding carboxylic acids is 5. The fourth-order valence-corrected chi connectivity index (χ4v) is 3.58. The van der Waals surface area contributed by atoms with Gasteiger partial charge in [0.15, 0.2) is 45.9 Å². The van der Waals surface area contributed by atoms with Crippen molar-refractivity contribution in [2.45, 2.75) is 34.6 Å². The molecule has 1 heterocycles. The minimum absolute atomic E-state index is 0.0706. The van der Waals surface area contributed by atoms with Crippen molar-refractivity contribution in [2.75, 3.05) is 0 Å². The number of benzene rings is 2. The second-order valence-corrected chi connectivity index (χ2v) is 7.80. The van der Waals surface area contributed by atoms with Crippen LogP contribution in [0.3, 0.4) is 0 Å². The Morgan fingerprint density at radius 1 is 0.703 bits per heavy atom. The molecule has 3 rings (SSSR count). The number of ether oxygens (including phenoxy) is 3. The van der Waals surface area contributed by atoms with Gasteiger partial charge in [-0.15, -0.1) is 0 Å². The van der Waals surface area contributed by atoms with E-state index in [0.717, 1.165) is 46.8 Å². The summed E-state index contributed by atoms with van der Waals surface area (Å²) in [6.45, 7) is 5.02. The van der Waals surface area contributed by atoms with Gasteiger partial charge in [0.2, 0.25) is 11.2 Å². The summed E-state index contributed by atoms with van der Waals surface area (Å²) < 4.78 is 21.2. The highest BCUT2D eigenvalue weighted by molar-refractivity contribution is 6.16. The van der Waals surface area contributed by atoms with Gasteiger partial charge in [-0.05, 0) is 32.0 Å². The van der Waals surface area contributed by atoms with Crippen LogP contribution in [-0.4, -0.2) is 39.7 Å². The fourth-order valence-electron chi connectivity index (χ4n) is 3.58. The molecule has 12 heteroatoms. The van der Waals surface area contributed by atoms with Crippen LogP contribution in [0, 0.1) is 0 Å². The van der Waals surface area contributed by atoms with Crippen LogP contribution < -0.4 is 19.6 Å². The summed E-state index contributed by atoms with van der Waals surface area (Å²) >= 11 is 0. The van der Waals surface area contributed by atoms with Crippen LogP contribution in [0.5, 0.6) is 28.7 Å². The molecular weight excluding hydrogens is 492 g/mol. The topological polar surface area (TPSA) is 184 Å². The normalized spacial score (nSPS) is 10.6. The van der Waals surface area contributed by atoms with Crippen LogP contribution in [0.25, 0.3) is 22.3 Å². The number of esters is 3. The number of Topliss-reactive ketones (excluding diaryl/α,β-unsaturated/α-hetero) is 2. The molecule has 0 radical (unpaired) electrons. The van der Waals surface area contributed by atoms with Gasteiger partial charge in [0.1, 0.15) is 16.5 Å². The maximum atomic E-state index is 13.7. The molecule has 2 N–H and O–H groups in total. The average Bonchev–Trinajstić information content (AvgIpc) is 2.75. The van der Waals surface area contributed by atoms with Crippen molar-refractivity contribution >= 4 is 40.4 Å². The van der Waals surface area contributed by atoms with Gasteiger partial charge in [0, 0.05) is 26.3 Å². The summed E-state index contributed by atoms with van der Waals surface area (Å²) in [5.74, 6) is -8.14. The first-order valence-corrected chi connectivity index (χ1v) is 10.5. The van der Waals surface area contributed by atoms with Crippen LogP contribution in [0.4, 0.5) is 0 Å². The maximum absolute atomic E-state index is 13.7. The third-order valence-electron chi connectivity index (χ3n) is 4.89. The molecule has 12 nitrogen and oxygen atoms in total. The molecule has 0 unspecified atom stereocenters. The fraction of sp³-hybridized carbons (Fsp3) is 0.200. The Morgan fingerprint density at radius 2 is 1.22 bits per heavy atom. The number of ketones is 2. The van der Waals surface area contributed by atoms with E-state index >= 15 is 0 Å². The van der Waals surface area contributed by atoms with Crippen LogP contribution in [-0.2, 0) is 14.4 Å². The molecule has 0 saturated carbocycles. The van der Waals surface area contributed by atoms with E-state index in [9.17, 15) is 39.0 Å².